The van der Waals surface area contributed by atoms with Crippen molar-refractivity contribution in [3.05, 3.63) is 0 Å². The van der Waals surface area contributed by atoms with Crippen molar-refractivity contribution in [3.8, 4) is 0 Å². The fourth-order valence-corrected chi connectivity index (χ4v) is 0. The van der Waals surface area contributed by atoms with Gasteiger partial charge in [-0.2, -0.15) is 14.0 Å². The fourth-order valence-electron chi connectivity index (χ4n) is 0. The molecule has 0 saturated carbocycles. The Morgan fingerprint density at radius 2 is 1.33 bits per heavy atom. The smallest absolute Gasteiger partial charge is 1.00 e. The molecule has 0 bridgehead atoms. The third-order valence-corrected chi connectivity index (χ3v) is 0. The van der Waals surface area contributed by atoms with Crippen LogP contribution in [-0.2, 0) is 0 Å². The zero-order valence-electron chi connectivity index (χ0n) is 4.76. The molecule has 0 atom stereocenters. The summed E-state index contributed by atoms with van der Waals surface area (Å²) in [5.74, 6) is 0. The van der Waals surface area contributed by atoms with E-state index in [4.69, 9.17) is 18.6 Å². The Hall–Kier alpha value is 0.299. The molecule has 6 heavy (non-hydrogen) atoms. The molecule has 0 fully saturated rings. The summed E-state index contributed by atoms with van der Waals surface area (Å²) in [4.78, 5) is 0. The van der Waals surface area contributed by atoms with Crippen LogP contribution in [-0.4, -0.2) is 14.8 Å². The van der Waals surface area contributed by atoms with Gasteiger partial charge < -0.3 is 2.85 Å². The molecule has 0 aromatic rings. The van der Waals surface area contributed by atoms with Gasteiger partial charge in [-0.05, 0) is 0 Å². The van der Waals surface area contributed by atoms with Gasteiger partial charge in [0.1, 0.15) is 0 Å². The van der Waals surface area contributed by atoms with Gasteiger partial charge >= 0.3 is 10.1 Å². The van der Waals surface area contributed by atoms with E-state index in [1.807, 2.05) is 0 Å². The van der Waals surface area contributed by atoms with Gasteiger partial charge in [-0.15, -0.1) is 0 Å². The van der Waals surface area contributed by atoms with Crippen LogP contribution < -0.4 is 14.0 Å². The number of rotatable bonds is 0. The first-order valence-electron chi connectivity index (χ1n) is 0.632. The molecule has 1 N–H and O–H groups in total. The zero-order valence-corrected chi connectivity index (χ0v) is 3.51. The Kier molecular flexibility index (Phi) is 3.94. The minimum absolute atomic E-state index is 0. The number of hydrogen-bond donors (Lipinski definition) is 1. The maximum atomic E-state index is 8.60. The van der Waals surface area contributed by atoms with Crippen LogP contribution in [0.4, 0.5) is 0 Å². The molecule has 0 unspecified atom stereocenters. The van der Waals surface area contributed by atoms with E-state index in [0.29, 0.717) is 0 Å². The van der Waals surface area contributed by atoms with Crippen LogP contribution in [0.3, 0.4) is 0 Å². The van der Waals surface area contributed by atoms with Gasteiger partial charge in [0.05, 0.1) is 14.9 Å². The molecular weight excluding hydrogens is 108 g/mol. The van der Waals surface area contributed by atoms with Crippen molar-refractivity contribution in [1.29, 1.82) is 0 Å². The monoisotopic (exact) mass is 111 g/mol. The average Bonchev–Trinajstić information content (AvgIpc) is 0.722. The van der Waals surface area contributed by atoms with Crippen LogP contribution in [0.1, 0.15) is 2.85 Å². The maximum Gasteiger partial charge on any atom is 2.00 e. The topological polar surface area (TPSA) is 89.4 Å². The maximum absolute atomic E-state index is 8.60. The van der Waals surface area contributed by atoms with Crippen LogP contribution >= 0.6 is 0 Å². The van der Waals surface area contributed by atoms with Crippen molar-refractivity contribution in [2.24, 2.45) is 0 Å². The molecule has 36 valence electrons. The molecule has 6 heteroatoms. The summed E-state index contributed by atoms with van der Waals surface area (Å²) in [6.07, 6.45) is 0. The fraction of sp³-hybridized carbons (Fsp3) is 0. The first kappa shape index (κ1) is 9.57. The van der Waals surface area contributed by atoms with Gasteiger partial charge in [-0.25, -0.2) is 0 Å². The minimum Gasteiger partial charge on any atom is -1.00 e. The summed E-state index contributed by atoms with van der Waals surface area (Å²) in [5.41, 5.74) is 0. The standard InChI is InChI=1S/Be.ClHO4.2H/c;2-1(3,4)5;;/h;(H,2,3,4,5);;/q+2;;2*-1. The summed E-state index contributed by atoms with van der Waals surface area (Å²) < 4.78 is 32.7. The summed E-state index contributed by atoms with van der Waals surface area (Å²) in [6, 6.07) is 0. The Morgan fingerprint density at radius 3 is 1.33 bits per heavy atom. The van der Waals surface area contributed by atoms with E-state index in [1.54, 1.807) is 0 Å². The van der Waals surface area contributed by atoms with Gasteiger partial charge in [0, 0.05) is 0 Å². The zero-order chi connectivity index (χ0) is 4.50. The summed E-state index contributed by atoms with van der Waals surface area (Å²) in [5, 5.41) is 0. The normalized spacial score (nSPS) is 10.0. The van der Waals surface area contributed by atoms with Crippen LogP contribution in [0.25, 0.3) is 0 Å². The largest absolute Gasteiger partial charge is 2.00 e. The van der Waals surface area contributed by atoms with E-state index in [1.165, 1.54) is 0 Å². The van der Waals surface area contributed by atoms with E-state index >= 15 is 0 Å². The third-order valence-electron chi connectivity index (χ3n) is 0. The first-order chi connectivity index (χ1) is 2.00. The summed E-state index contributed by atoms with van der Waals surface area (Å²) >= 11 is 0. The first-order valence-corrected chi connectivity index (χ1v) is 1.90. The van der Waals surface area contributed by atoms with E-state index < -0.39 is 10.2 Å². The molecule has 0 amide bonds. The van der Waals surface area contributed by atoms with E-state index in [-0.39, 0.29) is 13.0 Å². The molecule has 0 heterocycles. The quantitative estimate of drug-likeness (QED) is 0.321. The molecule has 0 saturated heterocycles. The predicted octanol–water partition coefficient (Wildman–Crippen LogP) is -4.28. The van der Waals surface area contributed by atoms with E-state index in [2.05, 4.69) is 0 Å². The molecule has 0 aliphatic heterocycles. The average molecular weight is 111 g/mol. The van der Waals surface area contributed by atoms with Crippen molar-refractivity contribution in [2.45, 2.75) is 0 Å². The molecule has 0 aliphatic rings. The minimum atomic E-state index is -4.69. The van der Waals surface area contributed by atoms with Crippen LogP contribution in [0, 0.1) is 10.2 Å². The number of halogens is 1. The Balaban J connectivity index is -0.0000000267. The predicted molar refractivity (Wildman–Crippen MR) is 10.2 cm³/mol. The van der Waals surface area contributed by atoms with Crippen molar-refractivity contribution >= 4 is 10.1 Å². The Morgan fingerprint density at radius 1 is 1.33 bits per heavy atom. The molecule has 0 aromatic carbocycles. The summed E-state index contributed by atoms with van der Waals surface area (Å²) in [6.45, 7) is 0. The molecule has 0 radical (unpaired) electrons. The van der Waals surface area contributed by atoms with E-state index in [0.717, 1.165) is 0 Å². The molecule has 0 aromatic heterocycles. The SMILES string of the molecule is [Be+2].[H-].[H-].[O-][Cl+3]([O-])([O-])O. The van der Waals surface area contributed by atoms with Crippen molar-refractivity contribution in [3.63, 3.8) is 0 Å². The van der Waals surface area contributed by atoms with Crippen LogP contribution in [0.2, 0.25) is 0 Å². The molecule has 0 rings (SSSR count). The van der Waals surface area contributed by atoms with E-state index in [9.17, 15) is 0 Å². The molecule has 4 nitrogen and oxygen atoms in total. The van der Waals surface area contributed by atoms with Gasteiger partial charge in [-0.1, -0.05) is 0 Å². The Labute approximate surface area is 42.9 Å². The van der Waals surface area contributed by atoms with Crippen molar-refractivity contribution in [2.75, 3.05) is 0 Å². The summed E-state index contributed by atoms with van der Waals surface area (Å²) in [7, 11) is -4.69. The Bertz CT molecular complexity index is 29.5. The van der Waals surface area contributed by atoms with Gasteiger partial charge in [0.2, 0.25) is 0 Å². The molecule has 0 aliphatic carbocycles. The van der Waals surface area contributed by atoms with Crippen LogP contribution in [0.15, 0.2) is 0 Å². The van der Waals surface area contributed by atoms with Gasteiger partial charge in [0.15, 0.2) is 0 Å². The second kappa shape index (κ2) is 2.47. The van der Waals surface area contributed by atoms with Crippen molar-refractivity contribution < 1.29 is 31.7 Å². The van der Waals surface area contributed by atoms with Crippen LogP contribution in [0.5, 0.6) is 0 Å². The third kappa shape index (κ3) is 524. The second-order valence-corrected chi connectivity index (χ2v) is 1.19. The molecule has 0 spiro atoms. The van der Waals surface area contributed by atoms with Crippen molar-refractivity contribution in [1.82, 2.24) is 0 Å². The van der Waals surface area contributed by atoms with Gasteiger partial charge in [0.25, 0.3) is 0 Å². The second-order valence-electron chi connectivity index (χ2n) is 0.396. The number of hydrogen-bond acceptors (Lipinski definition) is 4. The molecular formula is H3BeClO4. The van der Waals surface area contributed by atoms with Gasteiger partial charge in [-0.3, -0.25) is 0 Å².